The molecule has 21 heavy (non-hydrogen) atoms. The Bertz CT molecular complexity index is 431. The van der Waals surface area contributed by atoms with Crippen LogP contribution >= 0.6 is 0 Å². The van der Waals surface area contributed by atoms with E-state index in [0.717, 1.165) is 57.3 Å². The number of aromatic nitrogens is 3. The molecule has 2 unspecified atom stereocenters. The Kier molecular flexibility index (Phi) is 5.22. The lowest BCUT2D eigenvalue weighted by atomic mass is 10.1. The number of hydrogen-bond donors (Lipinski definition) is 1. The molecule has 2 fully saturated rings. The Morgan fingerprint density at radius 2 is 2.24 bits per heavy atom. The van der Waals surface area contributed by atoms with Crippen LogP contribution in [0, 0.1) is 0 Å². The van der Waals surface area contributed by atoms with Gasteiger partial charge in [0.05, 0.1) is 12.7 Å². The minimum absolute atomic E-state index is 0.0100. The zero-order valence-corrected chi connectivity index (χ0v) is 12.9. The summed E-state index contributed by atoms with van der Waals surface area (Å²) in [5.74, 6) is 1.76. The summed E-state index contributed by atoms with van der Waals surface area (Å²) in [6.45, 7) is 6.65. The molecule has 2 atom stereocenters. The third-order valence-electron chi connectivity index (χ3n) is 4.21. The standard InChI is InChI=1S/C15H26N4O2/c1-2-5-14-16-15(18-17-14)13-11-19(7-9-21-13)10-12-6-3-4-8-20-12/h12-13H,2-11H2,1H3,(H,16,17,18). The molecule has 1 aromatic heterocycles. The first-order valence-electron chi connectivity index (χ1n) is 8.22. The van der Waals surface area contributed by atoms with E-state index >= 15 is 0 Å². The van der Waals surface area contributed by atoms with E-state index < -0.39 is 0 Å². The Labute approximate surface area is 126 Å². The van der Waals surface area contributed by atoms with E-state index in [1.807, 2.05) is 0 Å². The van der Waals surface area contributed by atoms with Gasteiger partial charge >= 0.3 is 0 Å². The molecular formula is C15H26N4O2. The minimum Gasteiger partial charge on any atom is -0.377 e. The Morgan fingerprint density at radius 3 is 3.05 bits per heavy atom. The van der Waals surface area contributed by atoms with Gasteiger partial charge in [0.25, 0.3) is 0 Å². The van der Waals surface area contributed by atoms with E-state index in [1.54, 1.807) is 0 Å². The molecule has 2 aliphatic rings. The SMILES string of the molecule is CCCc1nc(C2CN(CC3CCCCO3)CCO2)n[nH]1. The molecule has 2 saturated heterocycles. The molecule has 3 heterocycles. The number of hydrogen-bond acceptors (Lipinski definition) is 5. The third-order valence-corrected chi connectivity index (χ3v) is 4.21. The number of aromatic amines is 1. The average molecular weight is 294 g/mol. The second-order valence-corrected chi connectivity index (χ2v) is 6.00. The van der Waals surface area contributed by atoms with Gasteiger partial charge in [-0.15, -0.1) is 0 Å². The van der Waals surface area contributed by atoms with Crippen molar-refractivity contribution in [2.45, 2.75) is 51.2 Å². The number of nitrogens with zero attached hydrogens (tertiary/aromatic N) is 3. The van der Waals surface area contributed by atoms with E-state index in [0.29, 0.717) is 6.10 Å². The Balaban J connectivity index is 1.54. The smallest absolute Gasteiger partial charge is 0.180 e. The molecule has 2 aliphatic heterocycles. The van der Waals surface area contributed by atoms with Crippen LogP contribution in [0.15, 0.2) is 0 Å². The lowest BCUT2D eigenvalue weighted by molar-refractivity contribution is -0.0636. The van der Waals surface area contributed by atoms with Crippen LogP contribution in [0.5, 0.6) is 0 Å². The molecule has 6 nitrogen and oxygen atoms in total. The second-order valence-electron chi connectivity index (χ2n) is 6.00. The monoisotopic (exact) mass is 294 g/mol. The lowest BCUT2D eigenvalue weighted by Crippen LogP contribution is -2.43. The summed E-state index contributed by atoms with van der Waals surface area (Å²) in [5, 5.41) is 7.34. The van der Waals surface area contributed by atoms with E-state index in [9.17, 15) is 0 Å². The molecule has 0 amide bonds. The minimum atomic E-state index is -0.0100. The molecule has 0 radical (unpaired) electrons. The lowest BCUT2D eigenvalue weighted by Gasteiger charge is -2.35. The molecule has 0 spiro atoms. The molecular weight excluding hydrogens is 268 g/mol. The normalized spacial score (nSPS) is 27.9. The van der Waals surface area contributed by atoms with Crippen LogP contribution in [0.4, 0.5) is 0 Å². The van der Waals surface area contributed by atoms with Gasteiger partial charge in [-0.3, -0.25) is 10.00 Å². The van der Waals surface area contributed by atoms with Gasteiger partial charge in [-0.2, -0.15) is 5.10 Å². The highest BCUT2D eigenvalue weighted by atomic mass is 16.5. The van der Waals surface area contributed by atoms with Gasteiger partial charge < -0.3 is 9.47 Å². The summed E-state index contributed by atoms with van der Waals surface area (Å²) in [6, 6.07) is 0. The molecule has 0 aliphatic carbocycles. The number of aryl methyl sites for hydroxylation is 1. The maximum atomic E-state index is 5.85. The molecule has 0 saturated carbocycles. The van der Waals surface area contributed by atoms with E-state index in [4.69, 9.17) is 9.47 Å². The number of morpholine rings is 1. The summed E-state index contributed by atoms with van der Waals surface area (Å²) in [7, 11) is 0. The van der Waals surface area contributed by atoms with E-state index in [-0.39, 0.29) is 6.10 Å². The molecule has 0 aromatic carbocycles. The van der Waals surface area contributed by atoms with Crippen molar-refractivity contribution < 1.29 is 9.47 Å². The summed E-state index contributed by atoms with van der Waals surface area (Å²) in [6.07, 6.45) is 6.08. The molecule has 1 N–H and O–H groups in total. The predicted octanol–water partition coefficient (Wildman–Crippen LogP) is 1.70. The maximum Gasteiger partial charge on any atom is 0.180 e. The Hall–Kier alpha value is -0.980. The number of nitrogens with one attached hydrogen (secondary N) is 1. The van der Waals surface area contributed by atoms with Crippen molar-refractivity contribution in [3.8, 4) is 0 Å². The third kappa shape index (κ3) is 4.02. The highest BCUT2D eigenvalue weighted by molar-refractivity contribution is 4.97. The van der Waals surface area contributed by atoms with Crippen LogP contribution in [-0.4, -0.2) is 59.0 Å². The van der Waals surface area contributed by atoms with E-state index in [1.165, 1.54) is 19.3 Å². The largest absolute Gasteiger partial charge is 0.377 e. The van der Waals surface area contributed by atoms with Gasteiger partial charge in [0.15, 0.2) is 5.82 Å². The van der Waals surface area contributed by atoms with Crippen molar-refractivity contribution in [2.75, 3.05) is 32.8 Å². The van der Waals surface area contributed by atoms with Gasteiger partial charge in [0.2, 0.25) is 0 Å². The van der Waals surface area contributed by atoms with Gasteiger partial charge in [0, 0.05) is 32.7 Å². The van der Waals surface area contributed by atoms with Crippen molar-refractivity contribution in [1.82, 2.24) is 20.1 Å². The zero-order chi connectivity index (χ0) is 14.5. The Morgan fingerprint density at radius 1 is 1.29 bits per heavy atom. The van der Waals surface area contributed by atoms with Crippen LogP contribution < -0.4 is 0 Å². The highest BCUT2D eigenvalue weighted by Crippen LogP contribution is 2.21. The fourth-order valence-corrected chi connectivity index (χ4v) is 3.07. The first-order valence-corrected chi connectivity index (χ1v) is 8.22. The van der Waals surface area contributed by atoms with Crippen molar-refractivity contribution >= 4 is 0 Å². The van der Waals surface area contributed by atoms with Crippen LogP contribution in [0.25, 0.3) is 0 Å². The average Bonchev–Trinajstić information content (AvgIpc) is 2.98. The van der Waals surface area contributed by atoms with Crippen LogP contribution in [-0.2, 0) is 15.9 Å². The highest BCUT2D eigenvalue weighted by Gasteiger charge is 2.27. The van der Waals surface area contributed by atoms with Crippen molar-refractivity contribution in [1.29, 1.82) is 0 Å². The van der Waals surface area contributed by atoms with Crippen molar-refractivity contribution in [3.63, 3.8) is 0 Å². The van der Waals surface area contributed by atoms with Crippen LogP contribution in [0.1, 0.15) is 50.4 Å². The predicted molar refractivity (Wildman–Crippen MR) is 79.1 cm³/mol. The van der Waals surface area contributed by atoms with E-state index in [2.05, 4.69) is 27.0 Å². The second kappa shape index (κ2) is 7.33. The number of rotatable bonds is 5. The summed E-state index contributed by atoms with van der Waals surface area (Å²) < 4.78 is 11.7. The van der Waals surface area contributed by atoms with Crippen LogP contribution in [0.2, 0.25) is 0 Å². The summed E-state index contributed by atoms with van der Waals surface area (Å²) in [4.78, 5) is 6.99. The fraction of sp³-hybridized carbons (Fsp3) is 0.867. The molecule has 1 aromatic rings. The van der Waals surface area contributed by atoms with Crippen molar-refractivity contribution in [3.05, 3.63) is 11.6 Å². The number of H-pyrrole nitrogens is 1. The summed E-state index contributed by atoms with van der Waals surface area (Å²) >= 11 is 0. The first kappa shape index (κ1) is 14.9. The van der Waals surface area contributed by atoms with Gasteiger partial charge in [-0.05, 0) is 25.7 Å². The molecule has 0 bridgehead atoms. The van der Waals surface area contributed by atoms with Crippen molar-refractivity contribution in [2.24, 2.45) is 0 Å². The molecule has 3 rings (SSSR count). The van der Waals surface area contributed by atoms with Gasteiger partial charge in [0.1, 0.15) is 11.9 Å². The maximum absolute atomic E-state index is 5.85. The number of ether oxygens (including phenoxy) is 2. The zero-order valence-electron chi connectivity index (χ0n) is 12.9. The topological polar surface area (TPSA) is 63.3 Å². The van der Waals surface area contributed by atoms with Crippen LogP contribution in [0.3, 0.4) is 0 Å². The quantitative estimate of drug-likeness (QED) is 0.895. The first-order chi connectivity index (χ1) is 10.3. The van der Waals surface area contributed by atoms with Gasteiger partial charge in [-0.25, -0.2) is 4.98 Å². The summed E-state index contributed by atoms with van der Waals surface area (Å²) in [5.41, 5.74) is 0. The molecule has 6 heteroatoms. The fourth-order valence-electron chi connectivity index (χ4n) is 3.07. The molecule has 118 valence electrons. The van der Waals surface area contributed by atoms with Gasteiger partial charge in [-0.1, -0.05) is 6.92 Å².